The number of nitrogens with two attached hydrogens (primary N) is 1. The van der Waals surface area contributed by atoms with Crippen molar-refractivity contribution in [3.63, 3.8) is 0 Å². The molecule has 0 saturated carbocycles. The van der Waals surface area contributed by atoms with Crippen molar-refractivity contribution in [2.45, 2.75) is 18.0 Å². The van der Waals surface area contributed by atoms with Crippen LogP contribution in [0.1, 0.15) is 5.82 Å². The molecule has 10 heteroatoms. The molecule has 7 nitrogen and oxygen atoms in total. The topological polar surface area (TPSA) is 111 Å². The molecule has 0 spiro atoms. The number of hydrogen-bond donors (Lipinski definition) is 2. The van der Waals surface area contributed by atoms with E-state index in [1.54, 1.807) is 0 Å². The molecule has 0 radical (unpaired) electrons. The summed E-state index contributed by atoms with van der Waals surface area (Å²) in [5, 5.41) is 9.89. The van der Waals surface area contributed by atoms with E-state index in [1.807, 2.05) is 0 Å². The fraction of sp³-hybridized carbons (Fsp3) is 0.667. The molecule has 1 aromatic rings. The van der Waals surface area contributed by atoms with Crippen molar-refractivity contribution in [3.05, 3.63) is 5.82 Å². The van der Waals surface area contributed by atoms with E-state index in [-0.39, 0.29) is 18.9 Å². The summed E-state index contributed by atoms with van der Waals surface area (Å²) < 4.78 is 49.4. The molecular formula is C6H10F2N4O3S. The van der Waals surface area contributed by atoms with E-state index in [2.05, 4.69) is 19.9 Å². The van der Waals surface area contributed by atoms with Crippen molar-refractivity contribution < 1.29 is 21.9 Å². The summed E-state index contributed by atoms with van der Waals surface area (Å²) in [6, 6.07) is 0. The third-order valence-electron chi connectivity index (χ3n) is 1.49. The highest BCUT2D eigenvalue weighted by molar-refractivity contribution is 7.89. The minimum atomic E-state index is -3.94. The average Bonchev–Trinajstić information content (AvgIpc) is 2.59. The van der Waals surface area contributed by atoms with Gasteiger partial charge < -0.3 is 4.74 Å². The highest BCUT2D eigenvalue weighted by Gasteiger charge is 2.14. The van der Waals surface area contributed by atoms with Crippen LogP contribution in [0.5, 0.6) is 0 Å². The molecule has 0 aliphatic heterocycles. The summed E-state index contributed by atoms with van der Waals surface area (Å²) in [6.07, 6.45) is -2.38. The van der Waals surface area contributed by atoms with Crippen LogP contribution in [-0.2, 0) is 21.2 Å². The number of aromatic nitrogens is 3. The Morgan fingerprint density at radius 1 is 1.50 bits per heavy atom. The number of hydrogen-bond acceptors (Lipinski definition) is 5. The number of nitrogens with one attached hydrogen (secondary N) is 1. The first kappa shape index (κ1) is 12.9. The number of alkyl halides is 2. The number of sulfonamides is 1. The zero-order valence-corrected chi connectivity index (χ0v) is 8.88. The van der Waals surface area contributed by atoms with Gasteiger partial charge >= 0.3 is 0 Å². The Hall–Kier alpha value is -1.13. The standard InChI is InChI=1S/C6H10F2N4O3S/c7-4(8)3-15-2-1-5-10-6(12-11-5)16(9,13)14/h4H,1-3H2,(H2,9,13,14)(H,10,11,12). The van der Waals surface area contributed by atoms with Gasteiger partial charge in [0.15, 0.2) is 0 Å². The maximum Gasteiger partial charge on any atom is 0.282 e. The van der Waals surface area contributed by atoms with Crippen LogP contribution in [0.4, 0.5) is 8.78 Å². The molecule has 0 aliphatic carbocycles. The van der Waals surface area contributed by atoms with Crippen molar-refractivity contribution in [1.82, 2.24) is 15.2 Å². The fourth-order valence-electron chi connectivity index (χ4n) is 0.858. The van der Waals surface area contributed by atoms with Gasteiger partial charge in [-0.3, -0.25) is 5.10 Å². The van der Waals surface area contributed by atoms with Crippen LogP contribution in [0.25, 0.3) is 0 Å². The van der Waals surface area contributed by atoms with Gasteiger partial charge in [-0.05, 0) is 0 Å². The van der Waals surface area contributed by atoms with E-state index in [9.17, 15) is 17.2 Å². The second-order valence-corrected chi connectivity index (χ2v) is 4.28. The van der Waals surface area contributed by atoms with Gasteiger partial charge in [0.2, 0.25) is 0 Å². The van der Waals surface area contributed by atoms with Crippen LogP contribution in [0.15, 0.2) is 5.16 Å². The monoisotopic (exact) mass is 256 g/mol. The summed E-state index contributed by atoms with van der Waals surface area (Å²) in [7, 11) is -3.94. The molecule has 1 rings (SSSR count). The molecule has 3 N–H and O–H groups in total. The second kappa shape index (κ2) is 5.27. The normalized spacial score (nSPS) is 12.2. The second-order valence-electron chi connectivity index (χ2n) is 2.83. The minimum Gasteiger partial charge on any atom is -0.375 e. The molecule has 1 aromatic heterocycles. The highest BCUT2D eigenvalue weighted by atomic mass is 32.2. The van der Waals surface area contributed by atoms with Crippen LogP contribution in [0.3, 0.4) is 0 Å². The van der Waals surface area contributed by atoms with Gasteiger partial charge in [-0.2, -0.15) is 0 Å². The van der Waals surface area contributed by atoms with Crippen molar-refractivity contribution >= 4 is 10.0 Å². The molecule has 0 atom stereocenters. The van der Waals surface area contributed by atoms with Gasteiger partial charge in [0.05, 0.1) is 6.61 Å². The van der Waals surface area contributed by atoms with Crippen molar-refractivity contribution in [1.29, 1.82) is 0 Å². The predicted molar refractivity (Wildman–Crippen MR) is 48.3 cm³/mol. The highest BCUT2D eigenvalue weighted by Crippen LogP contribution is 2.00. The molecule has 0 aliphatic rings. The largest absolute Gasteiger partial charge is 0.375 e. The summed E-state index contributed by atoms with van der Waals surface area (Å²) in [4.78, 5) is 3.55. The molecule has 0 unspecified atom stereocenters. The van der Waals surface area contributed by atoms with Gasteiger partial charge in [-0.25, -0.2) is 27.3 Å². The maximum atomic E-state index is 11.7. The molecule has 1 heterocycles. The molecule has 0 saturated heterocycles. The number of halogens is 2. The molecule has 16 heavy (non-hydrogen) atoms. The molecular weight excluding hydrogens is 246 g/mol. The van der Waals surface area contributed by atoms with Gasteiger partial charge in [0.1, 0.15) is 12.4 Å². The zero-order valence-electron chi connectivity index (χ0n) is 8.06. The van der Waals surface area contributed by atoms with Crippen LogP contribution in [0, 0.1) is 0 Å². The molecule has 92 valence electrons. The third kappa shape index (κ3) is 4.16. The first-order valence-corrected chi connectivity index (χ1v) is 5.74. The Bertz CT molecular complexity index is 433. The summed E-state index contributed by atoms with van der Waals surface area (Å²) in [5.41, 5.74) is 0. The van der Waals surface area contributed by atoms with E-state index in [0.29, 0.717) is 0 Å². The Labute approximate surface area is 90.1 Å². The number of H-pyrrole nitrogens is 1. The number of primary sulfonamides is 1. The summed E-state index contributed by atoms with van der Waals surface area (Å²) in [6.45, 7) is -0.681. The summed E-state index contributed by atoms with van der Waals surface area (Å²) in [5.74, 6) is 0.207. The van der Waals surface area contributed by atoms with Crippen LogP contribution >= 0.6 is 0 Å². The van der Waals surface area contributed by atoms with Gasteiger partial charge in [0, 0.05) is 6.42 Å². The Kier molecular flexibility index (Phi) is 4.26. The van der Waals surface area contributed by atoms with Crippen LogP contribution < -0.4 is 5.14 Å². The lowest BCUT2D eigenvalue weighted by molar-refractivity contribution is 0.0183. The Balaban J connectivity index is 2.42. The van der Waals surface area contributed by atoms with Crippen molar-refractivity contribution in [2.24, 2.45) is 5.14 Å². The summed E-state index contributed by atoms with van der Waals surface area (Å²) >= 11 is 0. The minimum absolute atomic E-state index is 0.0103. The number of rotatable bonds is 6. The molecule has 0 fully saturated rings. The van der Waals surface area contributed by atoms with E-state index < -0.39 is 28.2 Å². The first-order valence-electron chi connectivity index (χ1n) is 4.19. The molecule has 0 bridgehead atoms. The van der Waals surface area contributed by atoms with Crippen molar-refractivity contribution in [3.8, 4) is 0 Å². The van der Waals surface area contributed by atoms with Crippen LogP contribution in [0.2, 0.25) is 0 Å². The lowest BCUT2D eigenvalue weighted by atomic mass is 10.4. The number of ether oxygens (including phenoxy) is 1. The first-order chi connectivity index (χ1) is 7.39. The Morgan fingerprint density at radius 3 is 2.69 bits per heavy atom. The van der Waals surface area contributed by atoms with E-state index in [4.69, 9.17) is 5.14 Å². The number of nitrogens with zero attached hydrogens (tertiary/aromatic N) is 2. The van der Waals surface area contributed by atoms with Crippen LogP contribution in [-0.4, -0.2) is 43.2 Å². The van der Waals surface area contributed by atoms with Gasteiger partial charge in [-0.15, -0.1) is 5.10 Å². The van der Waals surface area contributed by atoms with E-state index in [1.165, 1.54) is 0 Å². The van der Waals surface area contributed by atoms with Gasteiger partial charge in [-0.1, -0.05) is 0 Å². The lowest BCUT2D eigenvalue weighted by Crippen LogP contribution is -2.14. The fourth-order valence-corrected chi connectivity index (χ4v) is 1.27. The number of aromatic amines is 1. The van der Waals surface area contributed by atoms with E-state index in [0.717, 1.165) is 0 Å². The lowest BCUT2D eigenvalue weighted by Gasteiger charge is -2.00. The quantitative estimate of drug-likeness (QED) is 0.652. The average molecular weight is 256 g/mol. The smallest absolute Gasteiger partial charge is 0.282 e. The van der Waals surface area contributed by atoms with Gasteiger partial charge in [0.25, 0.3) is 21.6 Å². The van der Waals surface area contributed by atoms with Crippen molar-refractivity contribution in [2.75, 3.05) is 13.2 Å². The Morgan fingerprint density at radius 2 is 2.19 bits per heavy atom. The SMILES string of the molecule is NS(=O)(=O)c1n[nH]c(CCOCC(F)F)n1. The third-order valence-corrected chi connectivity index (χ3v) is 2.18. The maximum absolute atomic E-state index is 11.7. The molecule has 0 amide bonds. The van der Waals surface area contributed by atoms with E-state index >= 15 is 0 Å². The molecule has 0 aromatic carbocycles. The zero-order chi connectivity index (χ0) is 12.2. The predicted octanol–water partition coefficient (Wildman–Crippen LogP) is -0.724.